The molecule has 2 N–H and O–H groups in total. The summed E-state index contributed by atoms with van der Waals surface area (Å²) < 4.78 is 37.7. The lowest BCUT2D eigenvalue weighted by Gasteiger charge is -2.18. The van der Waals surface area contributed by atoms with Crippen LogP contribution in [0.1, 0.15) is 20.5 Å². The average Bonchev–Trinajstić information content (AvgIpc) is 3.44. The first kappa shape index (κ1) is 23.3. The van der Waals surface area contributed by atoms with Crippen molar-refractivity contribution in [2.24, 2.45) is 11.8 Å². The third-order valence-corrected chi connectivity index (χ3v) is 6.52. The van der Waals surface area contributed by atoms with Gasteiger partial charge in [0, 0.05) is 36.9 Å². The van der Waals surface area contributed by atoms with Crippen LogP contribution < -0.4 is 10.2 Å². The van der Waals surface area contributed by atoms with Crippen molar-refractivity contribution in [3.05, 3.63) is 21.1 Å². The summed E-state index contributed by atoms with van der Waals surface area (Å²) >= 11 is 3.11. The Morgan fingerprint density at radius 3 is 2.55 bits per heavy atom. The van der Waals surface area contributed by atoms with Crippen molar-refractivity contribution in [3.63, 3.8) is 0 Å². The predicted molar refractivity (Wildman–Crippen MR) is 106 cm³/mol. The van der Waals surface area contributed by atoms with E-state index in [2.05, 4.69) is 25.4 Å². The zero-order valence-electron chi connectivity index (χ0n) is 16.5. The van der Waals surface area contributed by atoms with E-state index in [9.17, 15) is 18.0 Å². The molecule has 31 heavy (non-hydrogen) atoms. The lowest BCUT2D eigenvalue weighted by atomic mass is 9.93. The number of aryl methyl sites for hydroxylation is 2. The van der Waals surface area contributed by atoms with Crippen molar-refractivity contribution >= 4 is 39.7 Å². The number of halogens is 3. The highest BCUT2D eigenvalue weighted by atomic mass is 32.1. The number of aliphatic carboxylic acids is 1. The number of carbonyl (C=O) groups is 2. The van der Waals surface area contributed by atoms with Crippen LogP contribution in [0.5, 0.6) is 0 Å². The molecule has 4 rings (SSSR count). The molecule has 2 aliphatic rings. The molecule has 0 spiro atoms. The van der Waals surface area contributed by atoms with Crippen LogP contribution in [0.4, 0.5) is 18.3 Å². The quantitative estimate of drug-likeness (QED) is 0.685. The van der Waals surface area contributed by atoms with E-state index in [-0.39, 0.29) is 12.0 Å². The normalized spacial score (nSPS) is 22.6. The summed E-state index contributed by atoms with van der Waals surface area (Å²) in [6.07, 6.45) is -4.86. The first-order valence-corrected chi connectivity index (χ1v) is 10.9. The van der Waals surface area contributed by atoms with Gasteiger partial charge in [-0.25, -0.2) is 9.78 Å². The number of hydrogen-bond acceptors (Lipinski definition) is 9. The van der Waals surface area contributed by atoms with Crippen molar-refractivity contribution in [2.75, 3.05) is 31.1 Å². The van der Waals surface area contributed by atoms with Gasteiger partial charge in [0.25, 0.3) is 5.91 Å². The minimum Gasteiger partial charge on any atom is -0.475 e. The van der Waals surface area contributed by atoms with Gasteiger partial charge in [0.05, 0.1) is 17.7 Å². The standard InChI is InChI=1S/C15H19N5O2S2.C2HF3O2/c1-8-17-12(7-23-8)14(21)16-3-10-6-22-13-5-20(4-11(10)13)15-19-18-9(2)24-15;3-2(4,5)1(6)7/h7,10-11,13H,3-6H2,1-2H3,(H,16,21);(H,6,7)/t10-,11+,13+;/m0./s1. The van der Waals surface area contributed by atoms with Gasteiger partial charge in [-0.1, -0.05) is 11.3 Å². The summed E-state index contributed by atoms with van der Waals surface area (Å²) in [5.74, 6) is -2.10. The number of amides is 1. The van der Waals surface area contributed by atoms with E-state index < -0.39 is 12.1 Å². The maximum atomic E-state index is 12.2. The molecule has 0 aromatic carbocycles. The highest BCUT2D eigenvalue weighted by Crippen LogP contribution is 2.36. The van der Waals surface area contributed by atoms with Gasteiger partial charge in [-0.3, -0.25) is 4.79 Å². The van der Waals surface area contributed by atoms with Crippen LogP contribution in [-0.4, -0.2) is 70.7 Å². The lowest BCUT2D eigenvalue weighted by Crippen LogP contribution is -2.34. The van der Waals surface area contributed by atoms with Gasteiger partial charge < -0.3 is 20.1 Å². The summed E-state index contributed by atoms with van der Waals surface area (Å²) in [4.78, 5) is 27.5. The third-order valence-electron chi connectivity index (χ3n) is 4.84. The van der Waals surface area contributed by atoms with E-state index in [0.717, 1.165) is 28.2 Å². The molecule has 9 nitrogen and oxygen atoms in total. The smallest absolute Gasteiger partial charge is 0.475 e. The fraction of sp³-hybridized carbons (Fsp3) is 0.588. The number of nitrogens with zero attached hydrogens (tertiary/aromatic N) is 4. The van der Waals surface area contributed by atoms with Gasteiger partial charge in [0.2, 0.25) is 5.13 Å². The van der Waals surface area contributed by atoms with Crippen LogP contribution in [0.15, 0.2) is 5.38 Å². The molecule has 1 amide bonds. The van der Waals surface area contributed by atoms with Gasteiger partial charge in [-0.15, -0.1) is 21.5 Å². The van der Waals surface area contributed by atoms with E-state index in [1.165, 1.54) is 11.3 Å². The van der Waals surface area contributed by atoms with Crippen molar-refractivity contribution in [1.29, 1.82) is 0 Å². The SMILES string of the molecule is Cc1nc(C(=O)NC[C@H]2CO[C@@H]3CN(c4nnc(C)s4)C[C@H]23)cs1.O=C(O)C(F)(F)F. The molecule has 0 radical (unpaired) electrons. The van der Waals surface area contributed by atoms with E-state index in [0.29, 0.717) is 30.7 Å². The molecule has 0 aliphatic carbocycles. The second kappa shape index (κ2) is 9.44. The number of aromatic nitrogens is 3. The van der Waals surface area contributed by atoms with Crippen LogP contribution in [0, 0.1) is 25.7 Å². The number of ether oxygens (including phenoxy) is 1. The van der Waals surface area contributed by atoms with E-state index in [4.69, 9.17) is 14.6 Å². The number of fused-ring (bicyclic) bond motifs is 1. The fourth-order valence-corrected chi connectivity index (χ4v) is 4.66. The summed E-state index contributed by atoms with van der Waals surface area (Å²) in [5.41, 5.74) is 0.505. The Morgan fingerprint density at radius 2 is 2.00 bits per heavy atom. The Labute approximate surface area is 183 Å². The zero-order valence-corrected chi connectivity index (χ0v) is 18.2. The lowest BCUT2D eigenvalue weighted by molar-refractivity contribution is -0.192. The van der Waals surface area contributed by atoms with Gasteiger partial charge >= 0.3 is 12.1 Å². The number of nitrogens with one attached hydrogen (secondary N) is 1. The number of carboxylic acid groups (broad SMARTS) is 1. The largest absolute Gasteiger partial charge is 0.490 e. The maximum absolute atomic E-state index is 12.2. The number of alkyl halides is 3. The first-order chi connectivity index (χ1) is 14.5. The number of rotatable bonds is 4. The Hall–Kier alpha value is -2.32. The molecule has 0 saturated carbocycles. The van der Waals surface area contributed by atoms with E-state index in [1.54, 1.807) is 16.7 Å². The van der Waals surface area contributed by atoms with Crippen molar-refractivity contribution < 1.29 is 32.6 Å². The maximum Gasteiger partial charge on any atom is 0.490 e. The molecule has 3 atom stereocenters. The van der Waals surface area contributed by atoms with Crippen LogP contribution in [0.2, 0.25) is 0 Å². The highest BCUT2D eigenvalue weighted by molar-refractivity contribution is 7.15. The second-order valence-corrected chi connectivity index (χ2v) is 9.29. The Kier molecular flexibility index (Phi) is 7.11. The molecular weight excluding hydrogens is 459 g/mol. The van der Waals surface area contributed by atoms with Crippen LogP contribution in [0.25, 0.3) is 0 Å². The predicted octanol–water partition coefficient (Wildman–Crippen LogP) is 2.13. The number of hydrogen-bond donors (Lipinski definition) is 2. The minimum atomic E-state index is -5.08. The first-order valence-electron chi connectivity index (χ1n) is 9.21. The molecule has 4 heterocycles. The van der Waals surface area contributed by atoms with Crippen LogP contribution >= 0.6 is 22.7 Å². The molecule has 14 heteroatoms. The van der Waals surface area contributed by atoms with Gasteiger partial charge in [-0.2, -0.15) is 13.2 Å². The average molecular weight is 480 g/mol. The van der Waals surface area contributed by atoms with Crippen molar-refractivity contribution in [3.8, 4) is 0 Å². The third kappa shape index (κ3) is 5.89. The summed E-state index contributed by atoms with van der Waals surface area (Å²) in [7, 11) is 0. The summed E-state index contributed by atoms with van der Waals surface area (Å²) in [6, 6.07) is 0. The highest BCUT2D eigenvalue weighted by Gasteiger charge is 2.44. The molecule has 0 unspecified atom stereocenters. The Morgan fingerprint density at radius 1 is 1.29 bits per heavy atom. The number of anilines is 1. The molecule has 0 bridgehead atoms. The van der Waals surface area contributed by atoms with Crippen LogP contribution in [0.3, 0.4) is 0 Å². The fourth-order valence-electron chi connectivity index (χ4n) is 3.36. The topological polar surface area (TPSA) is 118 Å². The zero-order chi connectivity index (χ0) is 22.8. The molecule has 170 valence electrons. The van der Waals surface area contributed by atoms with Crippen LogP contribution in [-0.2, 0) is 9.53 Å². The second-order valence-electron chi connectivity index (χ2n) is 7.07. The van der Waals surface area contributed by atoms with Gasteiger partial charge in [0.1, 0.15) is 10.7 Å². The molecule has 2 aromatic rings. The minimum absolute atomic E-state index is 0.0996. The molecule has 2 saturated heterocycles. The number of thiazole rings is 1. The molecular formula is C17H20F3N5O4S2. The van der Waals surface area contributed by atoms with Crippen molar-refractivity contribution in [1.82, 2.24) is 20.5 Å². The summed E-state index contributed by atoms with van der Waals surface area (Å²) in [6.45, 7) is 6.96. The van der Waals surface area contributed by atoms with Gasteiger partial charge in [-0.05, 0) is 13.8 Å². The monoisotopic (exact) mass is 479 g/mol. The number of carbonyl (C=O) groups excluding carboxylic acids is 1. The Bertz CT molecular complexity index is 935. The number of carboxylic acids is 1. The van der Waals surface area contributed by atoms with E-state index in [1.807, 2.05) is 13.8 Å². The van der Waals surface area contributed by atoms with Crippen molar-refractivity contribution in [2.45, 2.75) is 26.1 Å². The molecule has 2 aromatic heterocycles. The van der Waals surface area contributed by atoms with E-state index >= 15 is 0 Å². The summed E-state index contributed by atoms with van der Waals surface area (Å²) in [5, 5.41) is 23.1. The molecule has 2 aliphatic heterocycles. The van der Waals surface area contributed by atoms with Gasteiger partial charge in [0.15, 0.2) is 0 Å². The Balaban J connectivity index is 0.000000339. The molecule has 2 fully saturated rings.